The Labute approximate surface area is 119 Å². The lowest BCUT2D eigenvalue weighted by molar-refractivity contribution is 0.475. The third-order valence-electron chi connectivity index (χ3n) is 3.54. The second kappa shape index (κ2) is 4.21. The van der Waals surface area contributed by atoms with E-state index in [1.807, 2.05) is 24.3 Å². The molecule has 0 radical (unpaired) electrons. The number of phenols is 1. The van der Waals surface area contributed by atoms with E-state index in [2.05, 4.69) is 10.1 Å². The molecule has 102 valence electrons. The Bertz CT molecular complexity index is 1010. The number of benzene rings is 2. The summed E-state index contributed by atoms with van der Waals surface area (Å²) in [5.41, 5.74) is 2.11. The molecule has 2 aromatic carbocycles. The molecule has 0 unspecified atom stereocenters. The maximum absolute atomic E-state index is 12.5. The summed E-state index contributed by atoms with van der Waals surface area (Å²) in [5, 5.41) is 13.9. The minimum atomic E-state index is -0.158. The molecule has 5 heteroatoms. The summed E-state index contributed by atoms with van der Waals surface area (Å²) in [7, 11) is 0. The van der Waals surface area contributed by atoms with Crippen molar-refractivity contribution in [3.63, 3.8) is 0 Å². The lowest BCUT2D eigenvalue weighted by Gasteiger charge is -2.01. The van der Waals surface area contributed by atoms with Gasteiger partial charge in [0.15, 0.2) is 0 Å². The molecule has 0 spiro atoms. The van der Waals surface area contributed by atoms with Crippen LogP contribution < -0.4 is 5.56 Å². The number of para-hydroxylation sites is 1. The van der Waals surface area contributed by atoms with Crippen LogP contribution in [0.25, 0.3) is 27.5 Å². The van der Waals surface area contributed by atoms with Crippen LogP contribution in [-0.4, -0.2) is 19.9 Å². The van der Waals surface area contributed by atoms with Crippen molar-refractivity contribution < 1.29 is 5.11 Å². The third-order valence-corrected chi connectivity index (χ3v) is 3.54. The molecule has 0 fully saturated rings. The standard InChI is InChI=1S/C16H11N3O2/c20-11-7-5-10(6-8-11)19-16(21)13-9-17-14-4-2-1-3-12(14)15(13)18-19/h1-9,18,20H. The zero-order valence-corrected chi connectivity index (χ0v) is 10.9. The highest BCUT2D eigenvalue weighted by molar-refractivity contribution is 6.02. The number of aromatic nitrogens is 3. The molecule has 21 heavy (non-hydrogen) atoms. The monoisotopic (exact) mass is 277 g/mol. The van der Waals surface area contributed by atoms with Crippen molar-refractivity contribution in [2.75, 3.05) is 0 Å². The highest BCUT2D eigenvalue weighted by atomic mass is 16.3. The van der Waals surface area contributed by atoms with E-state index in [4.69, 9.17) is 0 Å². The molecule has 0 aliphatic rings. The van der Waals surface area contributed by atoms with Crippen LogP contribution >= 0.6 is 0 Å². The van der Waals surface area contributed by atoms with E-state index in [1.54, 1.807) is 30.5 Å². The number of hydrogen-bond donors (Lipinski definition) is 2. The number of H-pyrrole nitrogens is 1. The van der Waals surface area contributed by atoms with Gasteiger partial charge in [-0.25, -0.2) is 4.68 Å². The summed E-state index contributed by atoms with van der Waals surface area (Å²) in [6.07, 6.45) is 1.59. The van der Waals surface area contributed by atoms with Gasteiger partial charge in [-0.05, 0) is 30.3 Å². The Morgan fingerprint density at radius 1 is 1.00 bits per heavy atom. The molecule has 0 atom stereocenters. The summed E-state index contributed by atoms with van der Waals surface area (Å²) < 4.78 is 1.46. The van der Waals surface area contributed by atoms with Crippen molar-refractivity contribution in [1.29, 1.82) is 0 Å². The third kappa shape index (κ3) is 1.71. The number of hydrogen-bond acceptors (Lipinski definition) is 3. The quantitative estimate of drug-likeness (QED) is 0.561. The Morgan fingerprint density at radius 3 is 2.57 bits per heavy atom. The van der Waals surface area contributed by atoms with Crippen molar-refractivity contribution in [2.24, 2.45) is 0 Å². The zero-order valence-electron chi connectivity index (χ0n) is 10.9. The average molecular weight is 277 g/mol. The predicted octanol–water partition coefficient (Wildman–Crippen LogP) is 2.57. The molecule has 0 saturated carbocycles. The smallest absolute Gasteiger partial charge is 0.280 e. The minimum absolute atomic E-state index is 0.158. The number of aromatic amines is 1. The van der Waals surface area contributed by atoms with Crippen LogP contribution in [0.2, 0.25) is 0 Å². The van der Waals surface area contributed by atoms with Crippen molar-refractivity contribution >= 4 is 21.8 Å². The first kappa shape index (κ1) is 11.7. The summed E-state index contributed by atoms with van der Waals surface area (Å²) in [5.74, 6) is 0.162. The van der Waals surface area contributed by atoms with Gasteiger partial charge in [-0.3, -0.25) is 14.9 Å². The molecule has 2 N–H and O–H groups in total. The Balaban J connectivity index is 2.07. The minimum Gasteiger partial charge on any atom is -0.508 e. The average Bonchev–Trinajstić information content (AvgIpc) is 2.86. The Morgan fingerprint density at radius 2 is 1.76 bits per heavy atom. The summed E-state index contributed by atoms with van der Waals surface area (Å²) in [4.78, 5) is 16.8. The van der Waals surface area contributed by atoms with Gasteiger partial charge in [0.1, 0.15) is 5.75 Å². The number of phenolic OH excluding ortho intramolecular Hbond substituents is 1. The van der Waals surface area contributed by atoms with Crippen LogP contribution in [0.15, 0.2) is 59.5 Å². The maximum atomic E-state index is 12.5. The number of fused-ring (bicyclic) bond motifs is 3. The second-order valence-electron chi connectivity index (χ2n) is 4.83. The highest BCUT2D eigenvalue weighted by Crippen LogP contribution is 2.21. The van der Waals surface area contributed by atoms with Gasteiger partial charge >= 0.3 is 0 Å². The van der Waals surface area contributed by atoms with Gasteiger partial charge in [0, 0.05) is 11.6 Å². The van der Waals surface area contributed by atoms with Gasteiger partial charge in [0.2, 0.25) is 0 Å². The molecular formula is C16H11N3O2. The lowest BCUT2D eigenvalue weighted by Crippen LogP contribution is -2.13. The largest absolute Gasteiger partial charge is 0.508 e. The van der Waals surface area contributed by atoms with E-state index in [9.17, 15) is 9.90 Å². The molecule has 0 amide bonds. The summed E-state index contributed by atoms with van der Waals surface area (Å²) in [6.45, 7) is 0. The normalized spacial score (nSPS) is 11.2. The Hall–Kier alpha value is -3.08. The van der Waals surface area contributed by atoms with Crippen molar-refractivity contribution in [3.05, 3.63) is 65.1 Å². The van der Waals surface area contributed by atoms with Gasteiger partial charge in [-0.15, -0.1) is 0 Å². The van der Waals surface area contributed by atoms with Gasteiger partial charge in [0.25, 0.3) is 5.56 Å². The number of nitrogens with one attached hydrogen (secondary N) is 1. The van der Waals surface area contributed by atoms with E-state index in [1.165, 1.54) is 4.68 Å². The fraction of sp³-hybridized carbons (Fsp3) is 0. The van der Waals surface area contributed by atoms with Crippen LogP contribution in [0.4, 0.5) is 0 Å². The fourth-order valence-electron chi connectivity index (χ4n) is 2.49. The van der Waals surface area contributed by atoms with Gasteiger partial charge in [-0.2, -0.15) is 0 Å². The fourth-order valence-corrected chi connectivity index (χ4v) is 2.49. The van der Waals surface area contributed by atoms with E-state index in [0.717, 1.165) is 16.4 Å². The van der Waals surface area contributed by atoms with E-state index in [-0.39, 0.29) is 11.3 Å². The van der Waals surface area contributed by atoms with E-state index in [0.29, 0.717) is 11.1 Å². The zero-order chi connectivity index (χ0) is 14.4. The van der Waals surface area contributed by atoms with Crippen LogP contribution in [-0.2, 0) is 0 Å². The first-order chi connectivity index (χ1) is 10.2. The van der Waals surface area contributed by atoms with Crippen LogP contribution in [0.5, 0.6) is 5.75 Å². The number of rotatable bonds is 1. The molecule has 0 aliphatic heterocycles. The summed E-state index contributed by atoms with van der Waals surface area (Å²) >= 11 is 0. The number of nitrogens with zero attached hydrogens (tertiary/aromatic N) is 2. The molecule has 0 aliphatic carbocycles. The van der Waals surface area contributed by atoms with Gasteiger partial charge < -0.3 is 5.11 Å². The number of pyridine rings is 1. The van der Waals surface area contributed by atoms with E-state index >= 15 is 0 Å². The molecule has 0 saturated heterocycles. The molecule has 2 heterocycles. The predicted molar refractivity (Wildman–Crippen MR) is 80.9 cm³/mol. The van der Waals surface area contributed by atoms with E-state index < -0.39 is 0 Å². The van der Waals surface area contributed by atoms with Crippen LogP contribution in [0.1, 0.15) is 0 Å². The Kier molecular flexibility index (Phi) is 2.35. The summed E-state index contributed by atoms with van der Waals surface area (Å²) in [6, 6.07) is 14.1. The van der Waals surface area contributed by atoms with Crippen molar-refractivity contribution in [2.45, 2.75) is 0 Å². The van der Waals surface area contributed by atoms with Gasteiger partial charge in [0.05, 0.1) is 22.1 Å². The topological polar surface area (TPSA) is 70.9 Å². The second-order valence-corrected chi connectivity index (χ2v) is 4.83. The molecule has 2 aromatic heterocycles. The van der Waals surface area contributed by atoms with Crippen molar-refractivity contribution in [1.82, 2.24) is 14.8 Å². The van der Waals surface area contributed by atoms with Crippen molar-refractivity contribution in [3.8, 4) is 11.4 Å². The molecular weight excluding hydrogens is 266 g/mol. The lowest BCUT2D eigenvalue weighted by atomic mass is 10.2. The SMILES string of the molecule is O=c1c2cnc3ccccc3c2[nH]n1-c1ccc(O)cc1. The first-order valence-corrected chi connectivity index (χ1v) is 6.52. The molecule has 5 nitrogen and oxygen atoms in total. The van der Waals surface area contributed by atoms with Crippen LogP contribution in [0.3, 0.4) is 0 Å². The van der Waals surface area contributed by atoms with Crippen LogP contribution in [0, 0.1) is 0 Å². The molecule has 0 bridgehead atoms. The number of aromatic hydroxyl groups is 1. The first-order valence-electron chi connectivity index (χ1n) is 6.52. The molecule has 4 aromatic rings. The molecule has 4 rings (SSSR count). The van der Waals surface area contributed by atoms with Gasteiger partial charge in [-0.1, -0.05) is 18.2 Å². The highest BCUT2D eigenvalue weighted by Gasteiger charge is 2.11. The maximum Gasteiger partial charge on any atom is 0.280 e.